The fourth-order valence-electron chi connectivity index (χ4n) is 3.35. The zero-order chi connectivity index (χ0) is 20.1. The smallest absolute Gasteiger partial charge is 0.346 e. The summed E-state index contributed by atoms with van der Waals surface area (Å²) in [5.41, 5.74) is 2.75. The standard InChI is InChI=1S/C17H16N6.H3O4P/c18-6-1-2-12-3-4-14(8-12)23-10-13(9-22-23)16-15-5-7-19-17(15)21-11-20-16;1-5(2,3)4/h1-2,5,7,9-12,14H,3-4,8H2,(H,19,20,21);(H3,1,2,3,4). The van der Waals surface area contributed by atoms with Gasteiger partial charge in [0.15, 0.2) is 0 Å². The summed E-state index contributed by atoms with van der Waals surface area (Å²) in [5, 5.41) is 14.2. The van der Waals surface area contributed by atoms with Crippen LogP contribution in [0.5, 0.6) is 0 Å². The van der Waals surface area contributed by atoms with E-state index < -0.39 is 7.82 Å². The molecule has 0 bridgehead atoms. The number of hydrogen-bond donors (Lipinski definition) is 4. The average molecular weight is 402 g/mol. The summed E-state index contributed by atoms with van der Waals surface area (Å²) in [6.45, 7) is 0. The number of aromatic amines is 1. The molecule has 1 fully saturated rings. The van der Waals surface area contributed by atoms with Gasteiger partial charge in [-0.15, -0.1) is 0 Å². The molecule has 1 aliphatic rings. The minimum Gasteiger partial charge on any atom is -0.346 e. The van der Waals surface area contributed by atoms with Crippen LogP contribution in [0.4, 0.5) is 0 Å². The van der Waals surface area contributed by atoms with E-state index >= 15 is 0 Å². The number of nitriles is 1. The first-order valence-corrected chi connectivity index (χ1v) is 10.1. The molecular formula is C17H19N6O4P. The van der Waals surface area contributed by atoms with Crippen LogP contribution in [0, 0.1) is 17.2 Å². The van der Waals surface area contributed by atoms with Gasteiger partial charge in [-0.1, -0.05) is 6.08 Å². The Balaban J connectivity index is 0.000000403. The van der Waals surface area contributed by atoms with Crippen molar-refractivity contribution < 1.29 is 19.2 Å². The van der Waals surface area contributed by atoms with Crippen LogP contribution in [0.3, 0.4) is 0 Å². The molecule has 10 nitrogen and oxygen atoms in total. The molecule has 4 rings (SSSR count). The van der Waals surface area contributed by atoms with Crippen molar-refractivity contribution in [2.45, 2.75) is 25.3 Å². The first-order chi connectivity index (χ1) is 13.3. The van der Waals surface area contributed by atoms with E-state index in [9.17, 15) is 0 Å². The summed E-state index contributed by atoms with van der Waals surface area (Å²) < 4.78 is 10.9. The van der Waals surface area contributed by atoms with Crippen molar-refractivity contribution in [2.24, 2.45) is 5.92 Å². The van der Waals surface area contributed by atoms with Gasteiger partial charge in [0.05, 0.1) is 24.0 Å². The Kier molecular flexibility index (Phi) is 6.02. The lowest BCUT2D eigenvalue weighted by Crippen LogP contribution is -2.05. The van der Waals surface area contributed by atoms with Crippen molar-refractivity contribution in [3.8, 4) is 17.3 Å². The lowest BCUT2D eigenvalue weighted by Gasteiger charge is -2.09. The lowest BCUT2D eigenvalue weighted by molar-refractivity contribution is 0.275. The summed E-state index contributed by atoms with van der Waals surface area (Å²) >= 11 is 0. The third kappa shape index (κ3) is 5.12. The molecule has 0 aromatic carbocycles. The van der Waals surface area contributed by atoms with E-state index in [1.165, 1.54) is 0 Å². The third-order valence-corrected chi connectivity index (χ3v) is 4.49. The van der Waals surface area contributed by atoms with Crippen molar-refractivity contribution in [3.05, 3.63) is 43.1 Å². The van der Waals surface area contributed by atoms with Crippen LogP contribution in [0.2, 0.25) is 0 Å². The molecule has 3 aromatic heterocycles. The van der Waals surface area contributed by atoms with Gasteiger partial charge in [0.1, 0.15) is 12.0 Å². The van der Waals surface area contributed by atoms with Crippen LogP contribution in [0.1, 0.15) is 25.3 Å². The lowest BCUT2D eigenvalue weighted by atomic mass is 10.1. The number of H-pyrrole nitrogens is 1. The maximum atomic E-state index is 8.88. The largest absolute Gasteiger partial charge is 0.466 e. The number of nitrogens with zero attached hydrogens (tertiary/aromatic N) is 5. The third-order valence-electron chi connectivity index (χ3n) is 4.49. The van der Waals surface area contributed by atoms with Crippen LogP contribution in [0.15, 0.2) is 43.1 Å². The molecule has 0 amide bonds. The van der Waals surface area contributed by atoms with E-state index in [-0.39, 0.29) is 0 Å². The molecule has 4 N–H and O–H groups in total. The van der Waals surface area contributed by atoms with E-state index in [4.69, 9.17) is 24.5 Å². The topological polar surface area (TPSA) is 161 Å². The Labute approximate surface area is 160 Å². The molecule has 1 aliphatic carbocycles. The van der Waals surface area contributed by atoms with E-state index in [0.717, 1.165) is 41.6 Å². The Morgan fingerprint density at radius 1 is 1.32 bits per heavy atom. The second-order valence-electron chi connectivity index (χ2n) is 6.40. The van der Waals surface area contributed by atoms with Gasteiger partial charge in [-0.05, 0) is 31.2 Å². The second kappa shape index (κ2) is 8.46. The highest BCUT2D eigenvalue weighted by molar-refractivity contribution is 7.45. The van der Waals surface area contributed by atoms with E-state index in [2.05, 4.69) is 32.3 Å². The first-order valence-electron chi connectivity index (χ1n) is 8.52. The molecule has 2 unspecified atom stereocenters. The zero-order valence-electron chi connectivity index (χ0n) is 14.8. The molecule has 1 saturated carbocycles. The van der Waals surface area contributed by atoms with Crippen LogP contribution >= 0.6 is 7.82 Å². The molecule has 3 aromatic rings. The van der Waals surface area contributed by atoms with Gasteiger partial charge in [0, 0.05) is 29.4 Å². The predicted molar refractivity (Wildman–Crippen MR) is 101 cm³/mol. The molecule has 2 atom stereocenters. The molecule has 0 aliphatic heterocycles. The minimum atomic E-state index is -4.64. The molecule has 11 heteroatoms. The van der Waals surface area contributed by atoms with Gasteiger partial charge >= 0.3 is 7.82 Å². The summed E-state index contributed by atoms with van der Waals surface area (Å²) in [6.07, 6.45) is 14.2. The molecular weight excluding hydrogens is 383 g/mol. The van der Waals surface area contributed by atoms with Gasteiger partial charge in [-0.2, -0.15) is 10.4 Å². The van der Waals surface area contributed by atoms with E-state index in [0.29, 0.717) is 12.0 Å². The Bertz CT molecular complexity index is 1050. The average Bonchev–Trinajstić information content (AvgIpc) is 3.37. The monoisotopic (exact) mass is 402 g/mol. The van der Waals surface area contributed by atoms with Crippen LogP contribution in [0.25, 0.3) is 22.3 Å². The van der Waals surface area contributed by atoms with E-state index in [1.54, 1.807) is 12.4 Å². The summed E-state index contributed by atoms with van der Waals surface area (Å²) in [6, 6.07) is 4.45. The van der Waals surface area contributed by atoms with Crippen LogP contribution < -0.4 is 0 Å². The van der Waals surface area contributed by atoms with Crippen LogP contribution in [-0.2, 0) is 4.57 Å². The number of aromatic nitrogens is 5. The zero-order valence-corrected chi connectivity index (χ0v) is 15.6. The summed E-state index contributed by atoms with van der Waals surface area (Å²) in [5.74, 6) is 0.475. The minimum absolute atomic E-state index is 0.389. The molecule has 146 valence electrons. The molecule has 0 spiro atoms. The van der Waals surface area contributed by atoms with Crippen molar-refractivity contribution in [1.29, 1.82) is 5.26 Å². The Morgan fingerprint density at radius 2 is 2.11 bits per heavy atom. The normalized spacial score (nSPS) is 19.5. The highest BCUT2D eigenvalue weighted by atomic mass is 31.2. The molecule has 3 heterocycles. The quantitative estimate of drug-likeness (QED) is 0.383. The first kappa shape index (κ1) is 19.9. The highest BCUT2D eigenvalue weighted by Gasteiger charge is 2.25. The summed E-state index contributed by atoms with van der Waals surface area (Å²) in [4.78, 5) is 33.3. The van der Waals surface area contributed by atoms with Gasteiger partial charge in [0.25, 0.3) is 0 Å². The van der Waals surface area contributed by atoms with Crippen molar-refractivity contribution in [2.75, 3.05) is 0 Å². The Hall–Kier alpha value is -2.83. The van der Waals surface area contributed by atoms with Crippen molar-refractivity contribution >= 4 is 18.9 Å². The maximum absolute atomic E-state index is 8.88. The number of fused-ring (bicyclic) bond motifs is 1. The maximum Gasteiger partial charge on any atom is 0.466 e. The highest BCUT2D eigenvalue weighted by Crippen LogP contribution is 2.36. The number of phosphoric acid groups is 1. The van der Waals surface area contributed by atoms with Gasteiger partial charge in [0.2, 0.25) is 0 Å². The van der Waals surface area contributed by atoms with E-state index in [1.807, 2.05) is 29.2 Å². The molecule has 0 radical (unpaired) electrons. The second-order valence-corrected chi connectivity index (χ2v) is 7.43. The number of nitrogens with one attached hydrogen (secondary N) is 1. The van der Waals surface area contributed by atoms with Gasteiger partial charge in [-0.3, -0.25) is 4.68 Å². The Morgan fingerprint density at radius 3 is 2.86 bits per heavy atom. The fraction of sp³-hybridized carbons (Fsp3) is 0.294. The van der Waals surface area contributed by atoms with Crippen molar-refractivity contribution in [1.82, 2.24) is 24.7 Å². The number of allylic oxidation sites excluding steroid dienone is 2. The van der Waals surface area contributed by atoms with Crippen LogP contribution in [-0.4, -0.2) is 39.4 Å². The number of rotatable bonds is 3. The van der Waals surface area contributed by atoms with Crippen molar-refractivity contribution in [3.63, 3.8) is 0 Å². The van der Waals surface area contributed by atoms with Gasteiger partial charge in [-0.25, -0.2) is 14.5 Å². The predicted octanol–water partition coefficient (Wildman–Crippen LogP) is 2.31. The molecule has 28 heavy (non-hydrogen) atoms. The van der Waals surface area contributed by atoms with Gasteiger partial charge < -0.3 is 19.7 Å². The fourth-order valence-corrected chi connectivity index (χ4v) is 3.35. The molecule has 0 saturated heterocycles. The number of hydrogen-bond acceptors (Lipinski definition) is 5. The summed E-state index contributed by atoms with van der Waals surface area (Å²) in [7, 11) is -4.64. The SMILES string of the molecule is N#CC=CC1CCC(n2cc(-c3ncnc4[nH]ccc34)cn2)C1.O=P(O)(O)O.